The van der Waals surface area contributed by atoms with Gasteiger partial charge in [-0.25, -0.2) is 8.42 Å². The molecular formula is C36H40ClN3O4S. The third-order valence-corrected chi connectivity index (χ3v) is 9.64. The zero-order valence-corrected chi connectivity index (χ0v) is 27.5. The first-order valence-electron chi connectivity index (χ1n) is 15.1. The van der Waals surface area contributed by atoms with Crippen molar-refractivity contribution in [3.8, 4) is 0 Å². The Labute approximate surface area is 271 Å². The predicted molar refractivity (Wildman–Crippen MR) is 181 cm³/mol. The molecule has 0 aliphatic carbocycles. The first-order chi connectivity index (χ1) is 21.6. The molecule has 7 nitrogen and oxygen atoms in total. The average molecular weight is 646 g/mol. The van der Waals surface area contributed by atoms with Crippen molar-refractivity contribution in [2.75, 3.05) is 17.4 Å². The molecule has 4 aromatic rings. The number of aryl methyl sites for hydroxylation is 2. The van der Waals surface area contributed by atoms with Gasteiger partial charge in [0.15, 0.2) is 0 Å². The fourth-order valence-corrected chi connectivity index (χ4v) is 6.79. The Bertz CT molecular complexity index is 1700. The first kappa shape index (κ1) is 33.7. The number of sulfonamides is 1. The third-order valence-electron chi connectivity index (χ3n) is 7.55. The van der Waals surface area contributed by atoms with Crippen LogP contribution in [-0.2, 0) is 32.6 Å². The molecule has 1 N–H and O–H groups in total. The smallest absolute Gasteiger partial charge is 0.264 e. The molecule has 0 fully saturated rings. The largest absolute Gasteiger partial charge is 0.354 e. The van der Waals surface area contributed by atoms with E-state index in [-0.39, 0.29) is 34.5 Å². The van der Waals surface area contributed by atoms with Gasteiger partial charge in [-0.1, -0.05) is 115 Å². The number of hydrogen-bond donors (Lipinski definition) is 1. The van der Waals surface area contributed by atoms with E-state index >= 15 is 0 Å². The summed E-state index contributed by atoms with van der Waals surface area (Å²) in [6.45, 7) is 5.90. The second kappa shape index (κ2) is 15.7. The van der Waals surface area contributed by atoms with Gasteiger partial charge in [0.1, 0.15) is 12.6 Å². The number of hydrogen-bond acceptors (Lipinski definition) is 4. The molecule has 4 aromatic carbocycles. The van der Waals surface area contributed by atoms with Crippen LogP contribution in [0.15, 0.2) is 108 Å². The van der Waals surface area contributed by atoms with Crippen LogP contribution in [0.1, 0.15) is 42.0 Å². The Morgan fingerprint density at radius 2 is 1.49 bits per heavy atom. The van der Waals surface area contributed by atoms with Crippen LogP contribution in [-0.4, -0.2) is 44.3 Å². The number of unbranched alkanes of at least 4 members (excludes halogenated alkanes) is 1. The summed E-state index contributed by atoms with van der Waals surface area (Å²) in [5.41, 5.74) is 3.79. The van der Waals surface area contributed by atoms with Gasteiger partial charge in [0, 0.05) is 19.5 Å². The monoisotopic (exact) mass is 645 g/mol. The molecule has 236 valence electrons. The Balaban J connectivity index is 1.80. The number of halogens is 1. The number of nitrogens with one attached hydrogen (secondary N) is 1. The van der Waals surface area contributed by atoms with Gasteiger partial charge in [-0.05, 0) is 55.7 Å². The van der Waals surface area contributed by atoms with Crippen molar-refractivity contribution in [3.05, 3.63) is 130 Å². The zero-order chi connectivity index (χ0) is 32.4. The number of benzene rings is 4. The Hall–Kier alpha value is -4.14. The normalized spacial score (nSPS) is 11.9. The lowest BCUT2D eigenvalue weighted by molar-refractivity contribution is -0.140. The molecule has 1 atom stereocenters. The number of nitrogens with zero attached hydrogens (tertiary/aromatic N) is 2. The van der Waals surface area contributed by atoms with Crippen molar-refractivity contribution in [2.24, 2.45) is 0 Å². The Kier molecular flexibility index (Phi) is 11.8. The minimum absolute atomic E-state index is 0.0317. The van der Waals surface area contributed by atoms with E-state index in [0.717, 1.165) is 39.4 Å². The van der Waals surface area contributed by atoms with Gasteiger partial charge < -0.3 is 10.2 Å². The predicted octanol–water partition coefficient (Wildman–Crippen LogP) is 6.71. The standard InChI is InChI=1S/C36H40ClN3O4S/c1-4-5-22-38-36(42)34(24-29-13-7-6-8-14-29)39(25-30-15-11-12-28(3)23-30)35(41)26-40(33-17-10-9-16-32(33)37)45(43,44)31-20-18-27(2)19-21-31/h6-21,23,34H,4-5,22,24-26H2,1-3H3,(H,38,42)/t34-/m0/s1. The summed E-state index contributed by atoms with van der Waals surface area (Å²) in [5.74, 6) is -0.822. The van der Waals surface area contributed by atoms with Crippen molar-refractivity contribution >= 4 is 39.1 Å². The quantitative estimate of drug-likeness (QED) is 0.155. The number of rotatable bonds is 14. The highest BCUT2D eigenvalue weighted by molar-refractivity contribution is 7.92. The van der Waals surface area contributed by atoms with Gasteiger partial charge in [-0.15, -0.1) is 0 Å². The summed E-state index contributed by atoms with van der Waals surface area (Å²) in [4.78, 5) is 29.9. The molecule has 0 saturated carbocycles. The molecule has 45 heavy (non-hydrogen) atoms. The van der Waals surface area contributed by atoms with Crippen LogP contribution in [0.3, 0.4) is 0 Å². The summed E-state index contributed by atoms with van der Waals surface area (Å²) in [7, 11) is -4.22. The van der Waals surface area contributed by atoms with Crippen LogP contribution in [0.4, 0.5) is 5.69 Å². The molecule has 0 heterocycles. The molecule has 0 unspecified atom stereocenters. The molecule has 0 radical (unpaired) electrons. The lowest BCUT2D eigenvalue weighted by Gasteiger charge is -2.34. The summed E-state index contributed by atoms with van der Waals surface area (Å²) < 4.78 is 29.3. The van der Waals surface area contributed by atoms with Crippen LogP contribution < -0.4 is 9.62 Å². The van der Waals surface area contributed by atoms with E-state index in [1.54, 1.807) is 36.4 Å². The molecule has 4 rings (SSSR count). The van der Waals surface area contributed by atoms with E-state index in [9.17, 15) is 18.0 Å². The van der Waals surface area contributed by atoms with E-state index in [2.05, 4.69) is 5.32 Å². The molecule has 0 saturated heterocycles. The SMILES string of the molecule is CCCCNC(=O)[C@H](Cc1ccccc1)N(Cc1cccc(C)c1)C(=O)CN(c1ccccc1Cl)S(=O)(=O)c1ccc(C)cc1. The van der Waals surface area contributed by atoms with Crippen LogP contribution >= 0.6 is 11.6 Å². The van der Waals surface area contributed by atoms with Gasteiger partial charge in [0.05, 0.1) is 15.6 Å². The van der Waals surface area contributed by atoms with Crippen LogP contribution in [0.25, 0.3) is 0 Å². The first-order valence-corrected chi connectivity index (χ1v) is 16.9. The van der Waals surface area contributed by atoms with E-state index in [0.29, 0.717) is 6.54 Å². The van der Waals surface area contributed by atoms with Crippen molar-refractivity contribution in [3.63, 3.8) is 0 Å². The lowest BCUT2D eigenvalue weighted by atomic mass is 10.0. The van der Waals surface area contributed by atoms with Gasteiger partial charge >= 0.3 is 0 Å². The van der Waals surface area contributed by atoms with Crippen LogP contribution in [0.5, 0.6) is 0 Å². The molecule has 0 aliphatic heterocycles. The molecule has 2 amide bonds. The van der Waals surface area contributed by atoms with Gasteiger partial charge in [-0.3, -0.25) is 13.9 Å². The van der Waals surface area contributed by atoms with Crippen molar-refractivity contribution < 1.29 is 18.0 Å². The van der Waals surface area contributed by atoms with E-state index in [1.807, 2.05) is 75.4 Å². The maximum Gasteiger partial charge on any atom is 0.264 e. The number of anilines is 1. The van der Waals surface area contributed by atoms with Crippen molar-refractivity contribution in [1.82, 2.24) is 10.2 Å². The number of carbonyl (C=O) groups is 2. The molecular weight excluding hydrogens is 606 g/mol. The summed E-state index contributed by atoms with van der Waals surface area (Å²) in [5, 5.41) is 3.19. The summed E-state index contributed by atoms with van der Waals surface area (Å²) >= 11 is 6.54. The molecule has 0 spiro atoms. The van der Waals surface area contributed by atoms with Gasteiger partial charge in [0.25, 0.3) is 10.0 Å². The van der Waals surface area contributed by atoms with E-state index in [4.69, 9.17) is 11.6 Å². The number of carbonyl (C=O) groups excluding carboxylic acids is 2. The molecule has 9 heteroatoms. The van der Waals surface area contributed by atoms with Crippen LogP contribution in [0.2, 0.25) is 5.02 Å². The van der Waals surface area contributed by atoms with E-state index < -0.39 is 28.5 Å². The second-order valence-electron chi connectivity index (χ2n) is 11.1. The minimum atomic E-state index is -4.22. The molecule has 0 bridgehead atoms. The maximum absolute atomic E-state index is 14.5. The Morgan fingerprint density at radius 3 is 2.16 bits per heavy atom. The van der Waals surface area contributed by atoms with Crippen LogP contribution in [0, 0.1) is 13.8 Å². The molecule has 0 aliphatic rings. The maximum atomic E-state index is 14.5. The minimum Gasteiger partial charge on any atom is -0.354 e. The fraction of sp³-hybridized carbons (Fsp3) is 0.278. The van der Waals surface area contributed by atoms with E-state index in [1.165, 1.54) is 17.0 Å². The highest BCUT2D eigenvalue weighted by atomic mass is 35.5. The number of para-hydroxylation sites is 1. The average Bonchev–Trinajstić information content (AvgIpc) is 3.02. The number of amides is 2. The van der Waals surface area contributed by atoms with Gasteiger partial charge in [0.2, 0.25) is 11.8 Å². The molecule has 0 aromatic heterocycles. The fourth-order valence-electron chi connectivity index (χ4n) is 5.07. The second-order valence-corrected chi connectivity index (χ2v) is 13.4. The summed E-state index contributed by atoms with van der Waals surface area (Å²) in [6, 6.07) is 29.3. The highest BCUT2D eigenvalue weighted by Crippen LogP contribution is 2.31. The van der Waals surface area contributed by atoms with Gasteiger partial charge in [-0.2, -0.15) is 0 Å². The van der Waals surface area contributed by atoms with Crippen molar-refractivity contribution in [1.29, 1.82) is 0 Å². The third kappa shape index (κ3) is 8.96. The topological polar surface area (TPSA) is 86.8 Å². The summed E-state index contributed by atoms with van der Waals surface area (Å²) in [6.07, 6.45) is 1.96. The lowest BCUT2D eigenvalue weighted by Crippen LogP contribution is -2.53. The zero-order valence-electron chi connectivity index (χ0n) is 25.9. The van der Waals surface area contributed by atoms with Crippen molar-refractivity contribution in [2.45, 2.75) is 57.5 Å². The Morgan fingerprint density at radius 1 is 0.822 bits per heavy atom. The highest BCUT2D eigenvalue weighted by Gasteiger charge is 2.35.